The molecule has 0 aromatic rings. The van der Waals surface area contributed by atoms with Gasteiger partial charge in [-0.3, -0.25) is 0 Å². The predicted octanol–water partition coefficient (Wildman–Crippen LogP) is -1.21. The van der Waals surface area contributed by atoms with Crippen LogP contribution in [0.4, 0.5) is 0 Å². The van der Waals surface area contributed by atoms with Crippen LogP contribution in [0.2, 0.25) is 0 Å². The summed E-state index contributed by atoms with van der Waals surface area (Å²) < 4.78 is 4.57. The zero-order valence-electron chi connectivity index (χ0n) is 4.10. The molecule has 1 heterocycles. The first kappa shape index (κ1) is 4.58. The quantitative estimate of drug-likeness (QED) is 0.292. The van der Waals surface area contributed by atoms with Gasteiger partial charge in [0.1, 0.15) is 6.61 Å². The lowest BCUT2D eigenvalue weighted by atomic mass is 10.6. The second kappa shape index (κ2) is 1.50. The highest BCUT2D eigenvalue weighted by atomic mass is 28.1. The van der Waals surface area contributed by atoms with Gasteiger partial charge in [0.2, 0.25) is 0 Å². The van der Waals surface area contributed by atoms with Gasteiger partial charge in [-0.1, -0.05) is 0 Å². The van der Waals surface area contributed by atoms with Crippen molar-refractivity contribution in [1.29, 1.82) is 0 Å². The van der Waals surface area contributed by atoms with Crippen molar-refractivity contribution in [1.82, 2.24) is 0 Å². The van der Waals surface area contributed by atoms with Gasteiger partial charge in [-0.05, 0) is 6.08 Å². The molecule has 0 radical (unpaired) electrons. The molecule has 1 rings (SSSR count). The molecule has 0 atom stereocenters. The zero-order chi connectivity index (χ0) is 5.28. The minimum absolute atomic E-state index is 0.119. The molecule has 0 saturated carbocycles. The molecule has 2 nitrogen and oxygen atoms in total. The van der Waals surface area contributed by atoms with E-state index in [1.54, 1.807) is 0 Å². The van der Waals surface area contributed by atoms with Crippen LogP contribution < -0.4 is 0 Å². The number of hydrogen-bond donors (Lipinski definition) is 0. The van der Waals surface area contributed by atoms with Crippen LogP contribution >= 0.6 is 0 Å². The third kappa shape index (κ3) is 0.717. The van der Waals surface area contributed by atoms with Crippen molar-refractivity contribution >= 4 is 16.2 Å². The lowest BCUT2D eigenvalue weighted by Crippen LogP contribution is -1.97. The van der Waals surface area contributed by atoms with Gasteiger partial charge >= 0.3 is 5.97 Å². The van der Waals surface area contributed by atoms with Gasteiger partial charge in [0, 0.05) is 15.4 Å². The Morgan fingerprint density at radius 1 is 1.86 bits per heavy atom. The van der Waals surface area contributed by atoms with E-state index >= 15 is 0 Å². The summed E-state index contributed by atoms with van der Waals surface area (Å²) in [5, 5.41) is 0.861. The van der Waals surface area contributed by atoms with E-state index in [9.17, 15) is 4.79 Å². The number of carbonyl (C=O) groups excluding carboxylic acids is 1. The maximum atomic E-state index is 10.3. The van der Waals surface area contributed by atoms with E-state index in [1.165, 1.54) is 0 Å². The van der Waals surface area contributed by atoms with Gasteiger partial charge in [-0.15, -0.1) is 0 Å². The highest BCUT2D eigenvalue weighted by Crippen LogP contribution is 1.99. The van der Waals surface area contributed by atoms with Crippen LogP contribution in [-0.4, -0.2) is 22.8 Å². The fraction of sp³-hybridized carbons (Fsp3) is 0.250. The first-order chi connectivity index (χ1) is 3.30. The van der Waals surface area contributed by atoms with Crippen LogP contribution in [0, 0.1) is 0 Å². The molecule has 0 amide bonds. The summed E-state index contributed by atoms with van der Waals surface area (Å²) in [5.41, 5.74) is 0. The third-order valence-corrected chi connectivity index (χ3v) is 1.74. The van der Waals surface area contributed by atoms with Crippen molar-refractivity contribution in [3.63, 3.8) is 0 Å². The Morgan fingerprint density at radius 2 is 2.57 bits per heavy atom. The summed E-state index contributed by atoms with van der Waals surface area (Å²) in [6.45, 7) is 0.498. The van der Waals surface area contributed by atoms with Crippen LogP contribution in [0.5, 0.6) is 0 Å². The number of cyclic esters (lactones) is 1. The Balaban J connectivity index is 2.72. The fourth-order valence-corrected chi connectivity index (χ4v) is 0.751. The van der Waals surface area contributed by atoms with Crippen LogP contribution in [0.15, 0.2) is 11.3 Å². The van der Waals surface area contributed by atoms with Gasteiger partial charge in [0.15, 0.2) is 0 Å². The summed E-state index contributed by atoms with van der Waals surface area (Å²) in [5.74, 6) is -0.119. The monoisotopic (exact) mass is 114 g/mol. The fourth-order valence-electron chi connectivity index (χ4n) is 0.440. The summed E-state index contributed by atoms with van der Waals surface area (Å²) in [7, 11) is 0.823. The largest absolute Gasteiger partial charge is 0.458 e. The van der Waals surface area contributed by atoms with E-state index in [0.717, 1.165) is 15.4 Å². The van der Waals surface area contributed by atoms with Gasteiger partial charge in [-0.2, -0.15) is 0 Å². The normalized spacial score (nSPS) is 19.4. The SMILES string of the molecule is O=C1OCC=C1[SiH3]. The topological polar surface area (TPSA) is 26.3 Å². The molecule has 7 heavy (non-hydrogen) atoms. The van der Waals surface area contributed by atoms with E-state index in [2.05, 4.69) is 4.74 Å². The number of rotatable bonds is 0. The predicted molar refractivity (Wildman–Crippen MR) is 29.0 cm³/mol. The Hall–Kier alpha value is -0.573. The van der Waals surface area contributed by atoms with Crippen molar-refractivity contribution in [3.8, 4) is 0 Å². The standard InChI is InChI=1S/C4H6O2Si/c5-4-3(7)1-2-6-4/h1H,2H2,7H3. The number of esters is 1. The number of hydrogen-bond acceptors (Lipinski definition) is 2. The Bertz CT molecular complexity index is 128. The van der Waals surface area contributed by atoms with E-state index in [-0.39, 0.29) is 5.97 Å². The molecule has 0 N–H and O–H groups in total. The number of ether oxygens (including phenoxy) is 1. The minimum atomic E-state index is -0.119. The summed E-state index contributed by atoms with van der Waals surface area (Å²) in [6.07, 6.45) is 1.83. The first-order valence-corrected chi connectivity index (χ1v) is 3.14. The van der Waals surface area contributed by atoms with Crippen molar-refractivity contribution in [2.24, 2.45) is 0 Å². The average Bonchev–Trinajstić information content (AvgIpc) is 1.91. The van der Waals surface area contributed by atoms with Crippen LogP contribution in [0.25, 0.3) is 0 Å². The van der Waals surface area contributed by atoms with Crippen molar-refractivity contribution in [3.05, 3.63) is 11.3 Å². The second-order valence-electron chi connectivity index (χ2n) is 1.49. The van der Waals surface area contributed by atoms with Crippen LogP contribution in [0.1, 0.15) is 0 Å². The highest BCUT2D eigenvalue weighted by Gasteiger charge is 2.09. The smallest absolute Gasteiger partial charge is 0.328 e. The minimum Gasteiger partial charge on any atom is -0.458 e. The molecule has 0 saturated heterocycles. The Kier molecular flexibility index (Phi) is 0.980. The highest BCUT2D eigenvalue weighted by molar-refractivity contribution is 6.35. The Labute approximate surface area is 44.6 Å². The third-order valence-electron chi connectivity index (χ3n) is 0.926. The maximum Gasteiger partial charge on any atom is 0.328 e. The van der Waals surface area contributed by atoms with E-state index < -0.39 is 0 Å². The molecule has 0 aliphatic carbocycles. The van der Waals surface area contributed by atoms with Gasteiger partial charge in [0.05, 0.1) is 0 Å². The lowest BCUT2D eigenvalue weighted by Gasteiger charge is -1.85. The van der Waals surface area contributed by atoms with Crippen molar-refractivity contribution in [2.45, 2.75) is 0 Å². The molecule has 3 heteroatoms. The molecular formula is C4H6O2Si. The van der Waals surface area contributed by atoms with Crippen LogP contribution in [-0.2, 0) is 9.53 Å². The molecule has 0 unspecified atom stereocenters. The molecular weight excluding hydrogens is 108 g/mol. The van der Waals surface area contributed by atoms with Crippen LogP contribution in [0.3, 0.4) is 0 Å². The second-order valence-corrected chi connectivity index (χ2v) is 2.56. The van der Waals surface area contributed by atoms with Gasteiger partial charge in [-0.25, -0.2) is 4.79 Å². The van der Waals surface area contributed by atoms with Gasteiger partial charge < -0.3 is 4.74 Å². The summed E-state index contributed by atoms with van der Waals surface area (Å²) >= 11 is 0. The zero-order valence-corrected chi connectivity index (χ0v) is 6.10. The van der Waals surface area contributed by atoms with Crippen molar-refractivity contribution in [2.75, 3.05) is 6.61 Å². The molecule has 0 aromatic heterocycles. The van der Waals surface area contributed by atoms with Crippen molar-refractivity contribution < 1.29 is 9.53 Å². The molecule has 0 fully saturated rings. The van der Waals surface area contributed by atoms with E-state index in [4.69, 9.17) is 0 Å². The summed E-state index contributed by atoms with van der Waals surface area (Å²) in [4.78, 5) is 10.3. The molecule has 38 valence electrons. The summed E-state index contributed by atoms with van der Waals surface area (Å²) in [6, 6.07) is 0. The molecule has 0 spiro atoms. The van der Waals surface area contributed by atoms with E-state index in [0.29, 0.717) is 6.61 Å². The Morgan fingerprint density at radius 3 is 2.71 bits per heavy atom. The average molecular weight is 114 g/mol. The van der Waals surface area contributed by atoms with Gasteiger partial charge in [0.25, 0.3) is 0 Å². The molecule has 1 aliphatic rings. The maximum absolute atomic E-state index is 10.3. The van der Waals surface area contributed by atoms with E-state index in [1.807, 2.05) is 6.08 Å². The molecule has 0 bridgehead atoms. The molecule has 0 aromatic carbocycles. The lowest BCUT2D eigenvalue weighted by molar-refractivity contribution is -0.135. The first-order valence-electron chi connectivity index (χ1n) is 2.14. The number of carbonyl (C=O) groups is 1. The molecule has 1 aliphatic heterocycles.